The largest absolute Gasteiger partial charge is 0.375 e. The number of piperidine rings is 1. The summed E-state index contributed by atoms with van der Waals surface area (Å²) in [5.41, 5.74) is 2.22. The average molecular weight is 326 g/mol. The predicted octanol–water partition coefficient (Wildman–Crippen LogP) is 4.08. The lowest BCUT2D eigenvalue weighted by Gasteiger charge is -2.36. The molecule has 2 aliphatic rings. The molecule has 0 unspecified atom stereocenters. The van der Waals surface area contributed by atoms with Gasteiger partial charge in [0.05, 0.1) is 23.8 Å². The Labute approximate surface area is 144 Å². The SMILES string of the molecule is CC(=O)c1ccc(C#N)cc1N1CCC(OC2CCCCC2)CC1. The van der Waals surface area contributed by atoms with Gasteiger partial charge in [-0.25, -0.2) is 0 Å². The first-order valence-corrected chi connectivity index (χ1v) is 9.13. The molecule has 3 rings (SSSR count). The quantitative estimate of drug-likeness (QED) is 0.782. The van der Waals surface area contributed by atoms with Crippen LogP contribution in [0.15, 0.2) is 18.2 Å². The summed E-state index contributed by atoms with van der Waals surface area (Å²) < 4.78 is 6.29. The van der Waals surface area contributed by atoms with Crippen molar-refractivity contribution in [2.75, 3.05) is 18.0 Å². The summed E-state index contributed by atoms with van der Waals surface area (Å²) in [5.74, 6) is 0.0510. The van der Waals surface area contributed by atoms with Gasteiger partial charge in [0.15, 0.2) is 5.78 Å². The first-order valence-electron chi connectivity index (χ1n) is 9.13. The average Bonchev–Trinajstić information content (AvgIpc) is 2.62. The lowest BCUT2D eigenvalue weighted by atomic mass is 9.97. The maximum atomic E-state index is 11.9. The van der Waals surface area contributed by atoms with E-state index in [9.17, 15) is 4.79 Å². The number of anilines is 1. The summed E-state index contributed by atoms with van der Waals surface area (Å²) >= 11 is 0. The molecule has 0 bridgehead atoms. The molecular formula is C20H26N2O2. The molecule has 1 aromatic rings. The summed E-state index contributed by atoms with van der Waals surface area (Å²) in [5, 5.41) is 9.14. The van der Waals surface area contributed by atoms with Gasteiger partial charge in [0, 0.05) is 24.3 Å². The molecule has 0 aromatic heterocycles. The maximum absolute atomic E-state index is 11.9. The molecule has 128 valence electrons. The number of nitrogens with zero attached hydrogens (tertiary/aromatic N) is 2. The fourth-order valence-electron chi connectivity index (χ4n) is 3.87. The number of Topliss-reactive ketones (excluding diaryl/α,β-unsaturated/α-hetero) is 1. The van der Waals surface area contributed by atoms with Crippen LogP contribution in [0.3, 0.4) is 0 Å². The Hall–Kier alpha value is -1.86. The van der Waals surface area contributed by atoms with Gasteiger partial charge >= 0.3 is 0 Å². The van der Waals surface area contributed by atoms with Crippen molar-refractivity contribution in [1.82, 2.24) is 0 Å². The van der Waals surface area contributed by atoms with Crippen molar-refractivity contribution in [3.8, 4) is 6.07 Å². The Morgan fingerprint density at radius 1 is 1.12 bits per heavy atom. The molecular weight excluding hydrogens is 300 g/mol. The zero-order valence-electron chi connectivity index (χ0n) is 14.5. The zero-order chi connectivity index (χ0) is 16.9. The van der Waals surface area contributed by atoms with E-state index in [2.05, 4.69) is 11.0 Å². The monoisotopic (exact) mass is 326 g/mol. The number of carbonyl (C=O) groups excluding carboxylic acids is 1. The van der Waals surface area contributed by atoms with Gasteiger partial charge in [0.2, 0.25) is 0 Å². The van der Waals surface area contributed by atoms with Crippen LogP contribution in [-0.4, -0.2) is 31.1 Å². The molecule has 0 spiro atoms. The molecule has 1 aliphatic heterocycles. The van der Waals surface area contributed by atoms with Crippen LogP contribution in [0.5, 0.6) is 0 Å². The molecule has 0 amide bonds. The number of hydrogen-bond acceptors (Lipinski definition) is 4. The Balaban J connectivity index is 1.64. The van der Waals surface area contributed by atoms with Crippen LogP contribution < -0.4 is 4.90 Å². The van der Waals surface area contributed by atoms with E-state index in [1.807, 2.05) is 6.07 Å². The summed E-state index contributed by atoms with van der Waals surface area (Å²) in [6, 6.07) is 7.52. The second kappa shape index (κ2) is 7.81. The molecule has 0 radical (unpaired) electrons. The van der Waals surface area contributed by atoms with Crippen molar-refractivity contribution < 1.29 is 9.53 Å². The molecule has 1 heterocycles. The van der Waals surface area contributed by atoms with E-state index in [1.54, 1.807) is 19.1 Å². The van der Waals surface area contributed by atoms with Gasteiger partial charge in [0.25, 0.3) is 0 Å². The first kappa shape index (κ1) is 17.0. The zero-order valence-corrected chi connectivity index (χ0v) is 14.5. The van der Waals surface area contributed by atoms with Crippen LogP contribution in [0, 0.1) is 11.3 Å². The normalized spacial score (nSPS) is 19.9. The minimum Gasteiger partial charge on any atom is -0.375 e. The van der Waals surface area contributed by atoms with E-state index in [1.165, 1.54) is 32.1 Å². The van der Waals surface area contributed by atoms with Crippen LogP contribution in [0.4, 0.5) is 5.69 Å². The van der Waals surface area contributed by atoms with Gasteiger partial charge in [-0.2, -0.15) is 5.26 Å². The van der Waals surface area contributed by atoms with E-state index in [-0.39, 0.29) is 5.78 Å². The summed E-state index contributed by atoms with van der Waals surface area (Å²) in [6.45, 7) is 3.35. The van der Waals surface area contributed by atoms with Gasteiger partial charge < -0.3 is 9.64 Å². The molecule has 1 aliphatic carbocycles. The van der Waals surface area contributed by atoms with Crippen molar-refractivity contribution in [3.63, 3.8) is 0 Å². The highest BCUT2D eigenvalue weighted by Gasteiger charge is 2.25. The van der Waals surface area contributed by atoms with Crippen LogP contribution in [-0.2, 0) is 4.74 Å². The van der Waals surface area contributed by atoms with E-state index < -0.39 is 0 Å². The number of benzene rings is 1. The highest BCUT2D eigenvalue weighted by molar-refractivity contribution is 6.00. The standard InChI is InChI=1S/C20H26N2O2/c1-15(23)19-8-7-16(14-21)13-20(19)22-11-9-18(10-12-22)24-17-5-3-2-4-6-17/h7-8,13,17-18H,2-6,9-12H2,1H3. The molecule has 4 nitrogen and oxygen atoms in total. The van der Waals surface area contributed by atoms with E-state index in [0.29, 0.717) is 23.3 Å². The van der Waals surface area contributed by atoms with Crippen LogP contribution in [0.25, 0.3) is 0 Å². The third-order valence-corrected chi connectivity index (χ3v) is 5.23. The Kier molecular flexibility index (Phi) is 5.52. The van der Waals surface area contributed by atoms with Crippen LogP contribution in [0.1, 0.15) is 67.8 Å². The van der Waals surface area contributed by atoms with Crippen LogP contribution >= 0.6 is 0 Å². The van der Waals surface area contributed by atoms with Gasteiger partial charge in [-0.15, -0.1) is 0 Å². The van der Waals surface area contributed by atoms with Gasteiger partial charge in [0.1, 0.15) is 0 Å². The van der Waals surface area contributed by atoms with Crippen molar-refractivity contribution in [2.45, 2.75) is 64.1 Å². The van der Waals surface area contributed by atoms with E-state index in [4.69, 9.17) is 10.00 Å². The molecule has 1 saturated carbocycles. The molecule has 2 fully saturated rings. The van der Waals surface area contributed by atoms with Crippen molar-refractivity contribution in [1.29, 1.82) is 5.26 Å². The summed E-state index contributed by atoms with van der Waals surface area (Å²) in [4.78, 5) is 14.1. The summed E-state index contributed by atoms with van der Waals surface area (Å²) in [7, 11) is 0. The van der Waals surface area contributed by atoms with Crippen molar-refractivity contribution in [2.24, 2.45) is 0 Å². The Morgan fingerprint density at radius 3 is 2.42 bits per heavy atom. The molecule has 0 atom stereocenters. The molecule has 1 aromatic carbocycles. The number of hydrogen-bond donors (Lipinski definition) is 0. The molecule has 24 heavy (non-hydrogen) atoms. The minimum absolute atomic E-state index is 0.0510. The third-order valence-electron chi connectivity index (χ3n) is 5.23. The highest BCUT2D eigenvalue weighted by Crippen LogP contribution is 2.29. The number of rotatable bonds is 4. The number of ketones is 1. The van der Waals surface area contributed by atoms with Crippen LogP contribution in [0.2, 0.25) is 0 Å². The molecule has 1 saturated heterocycles. The number of nitriles is 1. The highest BCUT2D eigenvalue weighted by atomic mass is 16.5. The topological polar surface area (TPSA) is 53.3 Å². The summed E-state index contributed by atoms with van der Waals surface area (Å²) in [6.07, 6.45) is 9.13. The smallest absolute Gasteiger partial charge is 0.161 e. The fraction of sp³-hybridized carbons (Fsp3) is 0.600. The molecule has 4 heteroatoms. The van der Waals surface area contributed by atoms with Gasteiger partial charge in [-0.3, -0.25) is 4.79 Å². The van der Waals surface area contributed by atoms with E-state index in [0.717, 1.165) is 31.6 Å². The second-order valence-corrected chi connectivity index (χ2v) is 6.98. The van der Waals surface area contributed by atoms with Crippen molar-refractivity contribution >= 4 is 11.5 Å². The number of carbonyl (C=O) groups is 1. The number of ether oxygens (including phenoxy) is 1. The Morgan fingerprint density at radius 2 is 1.79 bits per heavy atom. The minimum atomic E-state index is 0.0510. The van der Waals surface area contributed by atoms with Gasteiger partial charge in [-0.05, 0) is 50.8 Å². The lowest BCUT2D eigenvalue weighted by Crippen LogP contribution is -2.39. The fourth-order valence-corrected chi connectivity index (χ4v) is 3.87. The first-order chi connectivity index (χ1) is 11.7. The molecule has 0 N–H and O–H groups in total. The second-order valence-electron chi connectivity index (χ2n) is 6.98. The van der Waals surface area contributed by atoms with Crippen molar-refractivity contribution in [3.05, 3.63) is 29.3 Å². The van der Waals surface area contributed by atoms with Gasteiger partial charge in [-0.1, -0.05) is 19.3 Å². The maximum Gasteiger partial charge on any atom is 0.161 e. The predicted molar refractivity (Wildman–Crippen MR) is 94.4 cm³/mol. The third kappa shape index (κ3) is 3.96. The lowest BCUT2D eigenvalue weighted by molar-refractivity contribution is -0.0395. The van der Waals surface area contributed by atoms with E-state index >= 15 is 0 Å². The Bertz CT molecular complexity index is 621.